The molecule has 3 aromatic rings. The van der Waals surface area contributed by atoms with E-state index in [4.69, 9.17) is 11.6 Å². The van der Waals surface area contributed by atoms with Crippen molar-refractivity contribution in [2.45, 2.75) is 56.2 Å². The zero-order chi connectivity index (χ0) is 28.4. The summed E-state index contributed by atoms with van der Waals surface area (Å²) in [5.41, 5.74) is 0.228. The summed E-state index contributed by atoms with van der Waals surface area (Å²) in [5.74, 6) is -5.41. The number of benzene rings is 2. The highest BCUT2D eigenvalue weighted by atomic mass is 35.5. The van der Waals surface area contributed by atoms with E-state index in [2.05, 4.69) is 15.3 Å². The first-order valence-electron chi connectivity index (χ1n) is 12.7. The zero-order valence-electron chi connectivity index (χ0n) is 21.1. The molecule has 2 aliphatic rings. The second-order valence-electron chi connectivity index (χ2n) is 9.80. The summed E-state index contributed by atoms with van der Waals surface area (Å²) in [6.07, 6.45) is 2.55. The third-order valence-corrected chi connectivity index (χ3v) is 7.31. The fourth-order valence-electron chi connectivity index (χ4n) is 5.10. The summed E-state index contributed by atoms with van der Waals surface area (Å²) >= 11 is 6.50. The molecule has 0 radical (unpaired) electrons. The Morgan fingerprint density at radius 2 is 1.80 bits per heavy atom. The first-order chi connectivity index (χ1) is 19.1. The van der Waals surface area contributed by atoms with Gasteiger partial charge in [-0.25, -0.2) is 23.1 Å². The Labute approximate surface area is 233 Å². The number of hydrogen-bond acceptors (Lipinski definition) is 5. The molecule has 1 saturated heterocycles. The maximum Gasteiger partial charge on any atom is 0.252 e. The monoisotopic (exact) mass is 571 g/mol. The van der Waals surface area contributed by atoms with Gasteiger partial charge < -0.3 is 5.32 Å². The van der Waals surface area contributed by atoms with E-state index in [0.717, 1.165) is 11.0 Å². The lowest BCUT2D eigenvalue weighted by Crippen LogP contribution is -2.58. The minimum atomic E-state index is -2.89. The Hall–Kier alpha value is -3.99. The van der Waals surface area contributed by atoms with Crippen LogP contribution in [0, 0.1) is 5.82 Å². The number of carbonyl (C=O) groups excluding carboxylic acids is 3. The van der Waals surface area contributed by atoms with Crippen molar-refractivity contribution in [2.24, 2.45) is 0 Å². The highest BCUT2D eigenvalue weighted by molar-refractivity contribution is 6.31. The van der Waals surface area contributed by atoms with E-state index >= 15 is 0 Å². The summed E-state index contributed by atoms with van der Waals surface area (Å²) in [6, 6.07) is 9.55. The first-order valence-corrected chi connectivity index (χ1v) is 13.1. The largest absolute Gasteiger partial charge is 0.351 e. The van der Waals surface area contributed by atoms with Crippen molar-refractivity contribution in [2.75, 3.05) is 9.80 Å². The molecule has 1 N–H and O–H groups in total. The standard InChI is InChI=1S/C28H25ClF3N5O3/c29-21-9-2-1-8-20(21)24(25(39)35-18-15-28(31,32)16-18)36(19-7-3-6-17(30)14-19)26(40)22-10-4-11-23(38)37(22)27-33-12-5-13-34-27/h1-3,5-9,12-14,18,22,24H,4,10-11,15-16H2,(H,35,39)/t22-,24-/m0/s1. The van der Waals surface area contributed by atoms with Crippen LogP contribution in [0.15, 0.2) is 67.0 Å². The Morgan fingerprint density at radius 1 is 1.07 bits per heavy atom. The average Bonchev–Trinajstić information content (AvgIpc) is 2.91. The van der Waals surface area contributed by atoms with Crippen molar-refractivity contribution in [1.29, 1.82) is 0 Å². The van der Waals surface area contributed by atoms with Gasteiger partial charge in [-0.2, -0.15) is 0 Å². The van der Waals surface area contributed by atoms with Gasteiger partial charge in [0.05, 0.1) is 0 Å². The van der Waals surface area contributed by atoms with Crippen molar-refractivity contribution >= 4 is 41.0 Å². The van der Waals surface area contributed by atoms with Gasteiger partial charge in [-0.1, -0.05) is 35.9 Å². The smallest absolute Gasteiger partial charge is 0.252 e. The highest BCUT2D eigenvalue weighted by Crippen LogP contribution is 2.39. The number of halogens is 4. The lowest BCUT2D eigenvalue weighted by molar-refractivity contribution is -0.133. The quantitative estimate of drug-likeness (QED) is 0.438. The molecule has 12 heteroatoms. The van der Waals surface area contributed by atoms with Gasteiger partial charge in [0.25, 0.3) is 11.8 Å². The zero-order valence-corrected chi connectivity index (χ0v) is 21.9. The second kappa shape index (κ2) is 11.2. The molecule has 3 amide bonds. The minimum Gasteiger partial charge on any atom is -0.351 e. The molecule has 1 aliphatic heterocycles. The summed E-state index contributed by atoms with van der Waals surface area (Å²) in [7, 11) is 0. The fourth-order valence-corrected chi connectivity index (χ4v) is 5.34. The maximum atomic E-state index is 14.5. The van der Waals surface area contributed by atoms with Gasteiger partial charge in [0.2, 0.25) is 17.8 Å². The molecule has 2 fully saturated rings. The molecule has 208 valence electrons. The van der Waals surface area contributed by atoms with Crippen molar-refractivity contribution in [3.05, 3.63) is 83.4 Å². The van der Waals surface area contributed by atoms with Crippen LogP contribution >= 0.6 is 11.6 Å². The van der Waals surface area contributed by atoms with Crippen LogP contribution in [0.5, 0.6) is 0 Å². The van der Waals surface area contributed by atoms with Crippen LogP contribution in [-0.4, -0.2) is 45.7 Å². The highest BCUT2D eigenvalue weighted by Gasteiger charge is 2.48. The number of hydrogen-bond donors (Lipinski definition) is 1. The summed E-state index contributed by atoms with van der Waals surface area (Å²) in [5, 5.41) is 2.74. The molecule has 2 aromatic carbocycles. The topological polar surface area (TPSA) is 95.5 Å². The van der Waals surface area contributed by atoms with Gasteiger partial charge >= 0.3 is 0 Å². The van der Waals surface area contributed by atoms with Gasteiger partial charge in [0.1, 0.15) is 17.9 Å². The van der Waals surface area contributed by atoms with E-state index in [1.165, 1.54) is 47.6 Å². The lowest BCUT2D eigenvalue weighted by Gasteiger charge is -2.41. The Kier molecular flexibility index (Phi) is 7.75. The number of rotatable bonds is 7. The number of nitrogens with zero attached hydrogens (tertiary/aromatic N) is 4. The van der Waals surface area contributed by atoms with E-state index in [1.54, 1.807) is 18.2 Å². The predicted molar refractivity (Wildman–Crippen MR) is 141 cm³/mol. The first kappa shape index (κ1) is 27.6. The van der Waals surface area contributed by atoms with Crippen LogP contribution in [0.1, 0.15) is 43.7 Å². The van der Waals surface area contributed by atoms with Crippen LogP contribution in [0.4, 0.5) is 24.8 Å². The molecule has 5 rings (SSSR count). The van der Waals surface area contributed by atoms with Gasteiger partial charge in [-0.15, -0.1) is 0 Å². The maximum absolute atomic E-state index is 14.5. The van der Waals surface area contributed by atoms with Crippen molar-refractivity contribution in [1.82, 2.24) is 15.3 Å². The molecule has 2 heterocycles. The van der Waals surface area contributed by atoms with Crippen LogP contribution in [0.3, 0.4) is 0 Å². The van der Waals surface area contributed by atoms with Gasteiger partial charge in [-0.3, -0.25) is 24.2 Å². The van der Waals surface area contributed by atoms with E-state index in [0.29, 0.717) is 6.42 Å². The predicted octanol–water partition coefficient (Wildman–Crippen LogP) is 4.84. The van der Waals surface area contributed by atoms with Crippen molar-refractivity contribution < 1.29 is 27.6 Å². The number of carbonyl (C=O) groups is 3. The molecular weight excluding hydrogens is 547 g/mol. The fraction of sp³-hybridized carbons (Fsp3) is 0.321. The van der Waals surface area contributed by atoms with Crippen LogP contribution in [-0.2, 0) is 14.4 Å². The normalized spacial score (nSPS) is 19.4. The third kappa shape index (κ3) is 5.65. The molecule has 40 heavy (non-hydrogen) atoms. The molecule has 0 spiro atoms. The number of anilines is 2. The van der Waals surface area contributed by atoms with E-state index < -0.39 is 54.5 Å². The Morgan fingerprint density at radius 3 is 2.48 bits per heavy atom. The molecule has 1 saturated carbocycles. The summed E-state index contributed by atoms with van der Waals surface area (Å²) in [6.45, 7) is 0. The van der Waals surface area contributed by atoms with Gasteiger partial charge in [-0.05, 0) is 43.2 Å². The van der Waals surface area contributed by atoms with Crippen molar-refractivity contribution in [3.8, 4) is 0 Å². The molecule has 2 atom stereocenters. The van der Waals surface area contributed by atoms with Crippen molar-refractivity contribution in [3.63, 3.8) is 0 Å². The molecule has 0 bridgehead atoms. The number of nitrogens with one attached hydrogen (secondary N) is 1. The number of piperidine rings is 1. The van der Waals surface area contributed by atoms with Gasteiger partial charge in [0.15, 0.2) is 0 Å². The van der Waals surface area contributed by atoms with E-state index in [9.17, 15) is 27.6 Å². The Bertz CT molecular complexity index is 1420. The number of amides is 3. The number of alkyl halides is 2. The summed E-state index contributed by atoms with van der Waals surface area (Å²) in [4.78, 5) is 51.9. The minimum absolute atomic E-state index is 0.0141. The van der Waals surface area contributed by atoms with Gasteiger partial charge in [0, 0.05) is 54.0 Å². The number of aromatic nitrogens is 2. The molecule has 1 aromatic heterocycles. The second-order valence-corrected chi connectivity index (χ2v) is 10.2. The van der Waals surface area contributed by atoms with Crippen LogP contribution in [0.2, 0.25) is 5.02 Å². The SMILES string of the molecule is O=C(NC1CC(F)(F)C1)[C@H](c1ccccc1Cl)N(C(=O)[C@@H]1CCCC(=O)N1c1ncccn1)c1cccc(F)c1. The average molecular weight is 572 g/mol. The van der Waals surface area contributed by atoms with E-state index in [-0.39, 0.29) is 41.0 Å². The lowest BCUT2D eigenvalue weighted by atomic mass is 9.87. The van der Waals surface area contributed by atoms with E-state index in [1.807, 2.05) is 0 Å². The molecule has 1 aliphatic carbocycles. The van der Waals surface area contributed by atoms with Crippen LogP contribution < -0.4 is 15.1 Å². The molecule has 0 unspecified atom stereocenters. The van der Waals surface area contributed by atoms with Crippen LogP contribution in [0.25, 0.3) is 0 Å². The molecular formula is C28H25ClF3N5O3. The Balaban J connectivity index is 1.61. The molecule has 8 nitrogen and oxygen atoms in total. The third-order valence-electron chi connectivity index (χ3n) is 6.97. The summed E-state index contributed by atoms with van der Waals surface area (Å²) < 4.78 is 41.7.